The first-order valence-electron chi connectivity index (χ1n) is 15.6. The molecule has 244 valence electrons. The van der Waals surface area contributed by atoms with Gasteiger partial charge in [-0.15, -0.1) is 11.3 Å². The molecular weight excluding hydrogens is 604 g/mol. The predicted molar refractivity (Wildman–Crippen MR) is 178 cm³/mol. The Morgan fingerprint density at radius 2 is 1.74 bits per heavy atom. The third kappa shape index (κ3) is 9.50. The van der Waals surface area contributed by atoms with E-state index < -0.39 is 35.9 Å². The molecule has 46 heavy (non-hydrogen) atoms. The Labute approximate surface area is 273 Å². The number of thiophene rings is 1. The Bertz CT molecular complexity index is 1590. The van der Waals surface area contributed by atoms with E-state index >= 15 is 0 Å². The van der Waals surface area contributed by atoms with E-state index in [4.69, 9.17) is 0 Å². The van der Waals surface area contributed by atoms with E-state index in [1.54, 1.807) is 0 Å². The number of amides is 4. The average molecular weight is 647 g/mol. The summed E-state index contributed by atoms with van der Waals surface area (Å²) in [4.78, 5) is 65.3. The number of carboxylic acids is 1. The van der Waals surface area contributed by atoms with Crippen molar-refractivity contribution in [2.75, 3.05) is 6.54 Å². The van der Waals surface area contributed by atoms with E-state index in [0.29, 0.717) is 24.3 Å². The molecule has 2 heterocycles. The first-order valence-corrected chi connectivity index (χ1v) is 16.5. The maximum Gasteiger partial charge on any atom is 0.328 e. The summed E-state index contributed by atoms with van der Waals surface area (Å²) in [7, 11) is 0. The van der Waals surface area contributed by atoms with Crippen molar-refractivity contribution in [2.45, 2.75) is 71.0 Å². The van der Waals surface area contributed by atoms with Crippen molar-refractivity contribution in [3.63, 3.8) is 0 Å². The number of hydrogen-bond acceptors (Lipinski definition) is 6. The second-order valence-corrected chi connectivity index (χ2v) is 13.1. The summed E-state index contributed by atoms with van der Waals surface area (Å²) in [6, 6.07) is 12.8. The molecule has 4 rings (SSSR count). The smallest absolute Gasteiger partial charge is 0.328 e. The number of carbonyl (C=O) groups excluding carboxylic acids is 4. The van der Waals surface area contributed by atoms with E-state index in [9.17, 15) is 29.1 Å². The maximum atomic E-state index is 14.0. The van der Waals surface area contributed by atoms with E-state index in [-0.39, 0.29) is 36.5 Å². The highest BCUT2D eigenvalue weighted by atomic mass is 32.1. The Morgan fingerprint density at radius 1 is 1.00 bits per heavy atom. The second kappa shape index (κ2) is 16.2. The molecule has 1 saturated heterocycles. The molecule has 3 aromatic rings. The molecule has 0 spiro atoms. The van der Waals surface area contributed by atoms with Crippen LogP contribution in [0.3, 0.4) is 0 Å². The van der Waals surface area contributed by atoms with Crippen molar-refractivity contribution >= 4 is 51.7 Å². The Balaban J connectivity index is 1.57. The Hall–Kier alpha value is -4.51. The molecule has 5 N–H and O–H groups in total. The Kier molecular flexibility index (Phi) is 12.1. The van der Waals surface area contributed by atoms with Crippen LogP contribution in [0.5, 0.6) is 0 Å². The lowest BCUT2D eigenvalue weighted by atomic mass is 9.91. The molecule has 10 nitrogen and oxygen atoms in total. The van der Waals surface area contributed by atoms with Crippen molar-refractivity contribution in [2.24, 2.45) is 11.8 Å². The number of benzene rings is 2. The van der Waals surface area contributed by atoms with Crippen LogP contribution in [0.4, 0.5) is 0 Å². The van der Waals surface area contributed by atoms with Crippen LogP contribution in [0.1, 0.15) is 60.3 Å². The normalized spacial score (nSPS) is 16.9. The molecule has 0 bridgehead atoms. The minimum Gasteiger partial charge on any atom is -0.478 e. The second-order valence-electron chi connectivity index (χ2n) is 12.2. The molecule has 2 aromatic carbocycles. The van der Waals surface area contributed by atoms with Crippen LogP contribution in [-0.2, 0) is 25.6 Å². The largest absolute Gasteiger partial charge is 0.478 e. The van der Waals surface area contributed by atoms with E-state index in [0.717, 1.165) is 34.4 Å². The van der Waals surface area contributed by atoms with Gasteiger partial charge in [-0.1, -0.05) is 62.4 Å². The quantitative estimate of drug-likeness (QED) is 0.166. The molecule has 0 aliphatic carbocycles. The zero-order chi connectivity index (χ0) is 33.2. The van der Waals surface area contributed by atoms with Gasteiger partial charge < -0.3 is 26.4 Å². The van der Waals surface area contributed by atoms with Gasteiger partial charge in [0.25, 0.3) is 5.91 Å². The zero-order valence-corrected chi connectivity index (χ0v) is 27.2. The SMILES string of the molecule is Cc1ccsc1C(=O)N[C@@H](Cc1cccc2ccccc12)C(=O)N[C@@H](CC(C)C)C(=O)NC(/C=C/C(=O)O)C[C@@H]1CCCNC1=O. The average Bonchev–Trinajstić information content (AvgIpc) is 3.46. The zero-order valence-electron chi connectivity index (χ0n) is 26.4. The number of piperidine rings is 1. The van der Waals surface area contributed by atoms with Gasteiger partial charge in [0.1, 0.15) is 12.1 Å². The lowest BCUT2D eigenvalue weighted by molar-refractivity contribution is -0.131. The van der Waals surface area contributed by atoms with Crippen molar-refractivity contribution < 1.29 is 29.1 Å². The van der Waals surface area contributed by atoms with Crippen molar-refractivity contribution in [3.05, 3.63) is 82.1 Å². The minimum absolute atomic E-state index is 0.0214. The van der Waals surface area contributed by atoms with Crippen LogP contribution in [0, 0.1) is 18.8 Å². The lowest BCUT2D eigenvalue weighted by Crippen LogP contribution is -2.56. The highest BCUT2D eigenvalue weighted by Gasteiger charge is 2.31. The van der Waals surface area contributed by atoms with Gasteiger partial charge in [0, 0.05) is 31.0 Å². The predicted octanol–water partition coefficient (Wildman–Crippen LogP) is 4.12. The number of carboxylic acid groups (broad SMARTS) is 1. The number of nitrogens with one attached hydrogen (secondary N) is 4. The molecule has 11 heteroatoms. The summed E-state index contributed by atoms with van der Waals surface area (Å²) in [5, 5.41) is 24.5. The highest BCUT2D eigenvalue weighted by Crippen LogP contribution is 2.22. The number of hydrogen-bond donors (Lipinski definition) is 5. The minimum atomic E-state index is -1.17. The molecule has 0 radical (unpaired) electrons. The van der Waals surface area contributed by atoms with Gasteiger partial charge >= 0.3 is 5.97 Å². The topological polar surface area (TPSA) is 154 Å². The van der Waals surface area contributed by atoms with Crippen molar-refractivity contribution in [1.82, 2.24) is 21.3 Å². The summed E-state index contributed by atoms with van der Waals surface area (Å²) in [6.45, 7) is 6.27. The third-order valence-electron chi connectivity index (χ3n) is 8.07. The summed E-state index contributed by atoms with van der Waals surface area (Å²) in [5.74, 6) is -3.04. The standard InChI is InChI=1S/C35H42N4O6S/c1-21(2)18-28(33(43)37-26(13-14-30(40)41)19-25-11-7-16-36-32(25)42)38-34(44)29(39-35(45)31-22(3)15-17-46-31)20-24-10-6-9-23-8-4-5-12-27(23)24/h4-6,8-10,12-15,17,21,25-26,28-29H,7,11,16,18-20H2,1-3H3,(H,36,42)(H,37,43)(H,38,44)(H,39,45)(H,40,41)/b14-13+/t25-,26?,28-,29-/m0/s1. The van der Waals surface area contributed by atoms with Crippen LogP contribution < -0.4 is 21.3 Å². The molecule has 1 aromatic heterocycles. The van der Waals surface area contributed by atoms with Gasteiger partial charge in [0.15, 0.2) is 0 Å². The van der Waals surface area contributed by atoms with Gasteiger partial charge in [0.05, 0.1) is 4.88 Å². The van der Waals surface area contributed by atoms with Crippen molar-refractivity contribution in [1.29, 1.82) is 0 Å². The molecule has 1 aliphatic heterocycles. The van der Waals surface area contributed by atoms with Gasteiger partial charge in [-0.3, -0.25) is 19.2 Å². The van der Waals surface area contributed by atoms with Crippen molar-refractivity contribution in [3.8, 4) is 0 Å². The monoisotopic (exact) mass is 646 g/mol. The fourth-order valence-corrected chi connectivity index (χ4v) is 6.57. The lowest BCUT2D eigenvalue weighted by Gasteiger charge is -2.28. The first-order chi connectivity index (χ1) is 22.0. The molecule has 4 atom stereocenters. The highest BCUT2D eigenvalue weighted by molar-refractivity contribution is 7.12. The number of aliphatic carboxylic acids is 1. The van der Waals surface area contributed by atoms with E-state index in [1.165, 1.54) is 17.4 Å². The van der Waals surface area contributed by atoms with Crippen LogP contribution in [0.2, 0.25) is 0 Å². The summed E-state index contributed by atoms with van der Waals surface area (Å²) < 4.78 is 0. The fourth-order valence-electron chi connectivity index (χ4n) is 5.74. The molecule has 1 unspecified atom stereocenters. The van der Waals surface area contributed by atoms with Crippen LogP contribution in [0.25, 0.3) is 10.8 Å². The summed E-state index contributed by atoms with van der Waals surface area (Å²) in [6.07, 6.45) is 4.46. The summed E-state index contributed by atoms with van der Waals surface area (Å²) >= 11 is 1.29. The molecular formula is C35H42N4O6S. The van der Waals surface area contributed by atoms with Gasteiger partial charge in [0.2, 0.25) is 17.7 Å². The molecule has 4 amide bonds. The van der Waals surface area contributed by atoms with Gasteiger partial charge in [-0.05, 0) is 71.9 Å². The first kappa shape index (κ1) is 34.4. The van der Waals surface area contributed by atoms with Crippen LogP contribution in [0.15, 0.2) is 66.1 Å². The maximum absolute atomic E-state index is 14.0. The fraction of sp³-hybridized carbons (Fsp3) is 0.400. The van der Waals surface area contributed by atoms with Crippen LogP contribution >= 0.6 is 11.3 Å². The van der Waals surface area contributed by atoms with E-state index in [1.807, 2.05) is 74.7 Å². The van der Waals surface area contributed by atoms with E-state index in [2.05, 4.69) is 21.3 Å². The molecule has 0 saturated carbocycles. The summed E-state index contributed by atoms with van der Waals surface area (Å²) in [5.41, 5.74) is 1.67. The Morgan fingerprint density at radius 3 is 2.43 bits per heavy atom. The number of fused-ring (bicyclic) bond motifs is 1. The van der Waals surface area contributed by atoms with Gasteiger partial charge in [-0.2, -0.15) is 0 Å². The third-order valence-corrected chi connectivity index (χ3v) is 9.09. The van der Waals surface area contributed by atoms with Gasteiger partial charge in [-0.25, -0.2) is 4.79 Å². The van der Waals surface area contributed by atoms with Crippen LogP contribution in [-0.4, -0.2) is 59.4 Å². The molecule has 1 fully saturated rings. The number of rotatable bonds is 14. The number of aryl methyl sites for hydroxylation is 1. The number of carbonyl (C=O) groups is 5. The molecule has 1 aliphatic rings.